The molecule has 258 valence electrons. The van der Waals surface area contributed by atoms with E-state index in [0.717, 1.165) is 16.8 Å². The van der Waals surface area contributed by atoms with Crippen LogP contribution in [0.25, 0.3) is 11.5 Å². The third kappa shape index (κ3) is 7.85. The third-order valence-corrected chi connectivity index (χ3v) is 7.04. The number of anilines is 2. The number of benzene rings is 2. The first-order chi connectivity index (χ1) is 24.7. The number of hydrogen-bond acceptors (Lipinski definition) is 13. The maximum Gasteiger partial charge on any atom is 0.337 e. The highest BCUT2D eigenvalue weighted by Crippen LogP contribution is 2.28. The quantitative estimate of drug-likeness (QED) is 0.119. The maximum atomic E-state index is 14.8. The van der Waals surface area contributed by atoms with Gasteiger partial charge in [-0.2, -0.15) is 0 Å². The van der Waals surface area contributed by atoms with Gasteiger partial charge >= 0.3 is 11.9 Å². The van der Waals surface area contributed by atoms with Gasteiger partial charge in [0.2, 0.25) is 0 Å². The van der Waals surface area contributed by atoms with Crippen LogP contribution in [0.4, 0.5) is 15.8 Å². The summed E-state index contributed by atoms with van der Waals surface area (Å²) in [6.45, 7) is 0.141. The Morgan fingerprint density at radius 3 is 2.22 bits per heavy atom. The van der Waals surface area contributed by atoms with Crippen LogP contribution < -0.4 is 20.1 Å². The average molecular weight is 698 g/mol. The van der Waals surface area contributed by atoms with E-state index in [-0.39, 0.29) is 53.0 Å². The monoisotopic (exact) mass is 697 g/mol. The lowest BCUT2D eigenvalue weighted by atomic mass is 10.1. The van der Waals surface area contributed by atoms with Crippen LogP contribution in [0.1, 0.15) is 54.5 Å². The van der Waals surface area contributed by atoms with Crippen molar-refractivity contribution in [3.05, 3.63) is 102 Å². The third-order valence-electron chi connectivity index (χ3n) is 7.04. The fourth-order valence-electron chi connectivity index (χ4n) is 4.55. The largest absolute Gasteiger partial charge is 0.494 e. The van der Waals surface area contributed by atoms with Crippen LogP contribution in [0.3, 0.4) is 0 Å². The summed E-state index contributed by atoms with van der Waals surface area (Å²) in [5, 5.41) is 46.7. The molecule has 2 aromatic carbocycles. The highest BCUT2D eigenvalue weighted by molar-refractivity contribution is 6.07. The van der Waals surface area contributed by atoms with Crippen molar-refractivity contribution < 1.29 is 43.3 Å². The summed E-state index contributed by atoms with van der Waals surface area (Å²) < 4.78 is 28.6. The van der Waals surface area contributed by atoms with Gasteiger partial charge in [0.25, 0.3) is 11.8 Å². The number of unbranched alkanes of at least 4 members (excludes halogenated alkanes) is 1. The summed E-state index contributed by atoms with van der Waals surface area (Å²) in [5.41, 5.74) is -0.801. The van der Waals surface area contributed by atoms with Gasteiger partial charge in [-0.15, -0.1) is 25.0 Å². The molecule has 4 N–H and O–H groups in total. The molecule has 0 spiro atoms. The molecule has 51 heavy (non-hydrogen) atoms. The van der Waals surface area contributed by atoms with Crippen LogP contribution in [0.15, 0.2) is 73.3 Å². The van der Waals surface area contributed by atoms with E-state index in [1.807, 2.05) is 0 Å². The Morgan fingerprint density at radius 2 is 1.51 bits per heavy atom. The number of carbonyl (C=O) groups is 4. The Labute approximate surface area is 284 Å². The average Bonchev–Trinajstić information content (AvgIpc) is 3.83. The second-order valence-electron chi connectivity index (χ2n) is 10.5. The van der Waals surface area contributed by atoms with Gasteiger partial charge < -0.3 is 30.3 Å². The van der Waals surface area contributed by atoms with Gasteiger partial charge in [-0.3, -0.25) is 14.2 Å². The predicted octanol–water partition coefficient (Wildman–Crippen LogP) is 2.77. The number of imidazole rings is 1. The minimum absolute atomic E-state index is 0.000826. The minimum Gasteiger partial charge on any atom is -0.494 e. The van der Waals surface area contributed by atoms with E-state index in [9.17, 15) is 33.8 Å². The smallest absolute Gasteiger partial charge is 0.337 e. The van der Waals surface area contributed by atoms with Crippen molar-refractivity contribution in [2.75, 3.05) is 23.8 Å². The number of ether oxygens (including phenoxy) is 2. The summed E-state index contributed by atoms with van der Waals surface area (Å²) in [6, 6.07) is 11.6. The molecule has 4 heterocycles. The van der Waals surface area contributed by atoms with Gasteiger partial charge in [0.1, 0.15) is 12.1 Å². The molecule has 6 rings (SSSR count). The molecular weight excluding hydrogens is 673 g/mol. The zero-order valence-corrected chi connectivity index (χ0v) is 26.0. The second-order valence-corrected chi connectivity index (χ2v) is 10.5. The number of carboxylic acid groups (broad SMARTS) is 2. The zero-order valence-electron chi connectivity index (χ0n) is 26.0. The van der Waals surface area contributed by atoms with Gasteiger partial charge in [-0.05, 0) is 65.7 Å². The fraction of sp³-hybridized carbons (Fsp3) is 0.129. The van der Waals surface area contributed by atoms with E-state index in [0.29, 0.717) is 24.3 Å². The number of nitrogens with zero attached hydrogens (tertiary/aromatic N) is 9. The predicted molar refractivity (Wildman–Crippen MR) is 171 cm³/mol. The van der Waals surface area contributed by atoms with E-state index in [1.54, 1.807) is 17.0 Å². The van der Waals surface area contributed by atoms with Crippen molar-refractivity contribution in [3.8, 4) is 17.3 Å². The number of tetrazole rings is 1. The normalized spacial score (nSPS) is 10.8. The zero-order chi connectivity index (χ0) is 35.9. The van der Waals surface area contributed by atoms with Gasteiger partial charge in [0.05, 0.1) is 35.7 Å². The number of fused-ring (bicyclic) bond motifs is 1. The summed E-state index contributed by atoms with van der Waals surface area (Å²) in [7, 11) is 0. The minimum atomic E-state index is -1.48. The highest BCUT2D eigenvalue weighted by Gasteiger charge is 2.20. The number of aromatic carboxylic acids is 2. The summed E-state index contributed by atoms with van der Waals surface area (Å²) >= 11 is 0. The van der Waals surface area contributed by atoms with E-state index in [2.05, 4.69) is 46.4 Å². The number of carboxylic acids is 2. The van der Waals surface area contributed by atoms with Crippen LogP contribution in [-0.4, -0.2) is 92.2 Å². The molecule has 0 bridgehead atoms. The lowest BCUT2D eigenvalue weighted by molar-refractivity contribution is 0.0686. The van der Waals surface area contributed by atoms with Crippen LogP contribution in [0, 0.1) is 5.82 Å². The molecular formula is C31H24FN11O8. The molecule has 0 aliphatic heterocycles. The molecule has 0 unspecified atom stereocenters. The van der Waals surface area contributed by atoms with Crippen LogP contribution in [0.5, 0.6) is 11.5 Å². The molecule has 20 heteroatoms. The molecule has 6 aromatic rings. The lowest BCUT2D eigenvalue weighted by Crippen LogP contribution is -2.18. The summed E-state index contributed by atoms with van der Waals surface area (Å²) in [4.78, 5) is 53.1. The number of hydrogen-bond donors (Lipinski definition) is 4. The molecule has 0 radical (unpaired) electrons. The molecule has 0 atom stereocenters. The number of carbonyl (C=O) groups excluding carboxylic acids is 2. The number of halogens is 1. The van der Waals surface area contributed by atoms with Gasteiger partial charge in [0.15, 0.2) is 34.4 Å². The van der Waals surface area contributed by atoms with Gasteiger partial charge in [0, 0.05) is 24.5 Å². The van der Waals surface area contributed by atoms with Crippen molar-refractivity contribution in [3.63, 3.8) is 0 Å². The first kappa shape index (κ1) is 33.5. The second kappa shape index (κ2) is 14.8. The topological polar surface area (TPSA) is 251 Å². The number of aromatic nitrogens is 9. The van der Waals surface area contributed by atoms with Gasteiger partial charge in [-0.25, -0.2) is 19.0 Å². The SMILES string of the molecule is O=C(Nc1cc(OCCCCOc2ccc(C(=O)O)c(NC(=O)c3ccc4nnnn4n3)c2)c(F)cc1C(=O)O)c1ccc(-n2ccnc2)nn1. The molecule has 2 amide bonds. The number of rotatable bonds is 14. The van der Waals surface area contributed by atoms with Crippen molar-refractivity contribution in [1.29, 1.82) is 0 Å². The molecule has 0 aliphatic rings. The van der Waals surface area contributed by atoms with Crippen molar-refractivity contribution in [2.45, 2.75) is 12.8 Å². The molecule has 0 aliphatic carbocycles. The van der Waals surface area contributed by atoms with Crippen molar-refractivity contribution >= 4 is 40.8 Å². The maximum absolute atomic E-state index is 14.8. The van der Waals surface area contributed by atoms with Crippen LogP contribution in [0.2, 0.25) is 0 Å². The van der Waals surface area contributed by atoms with Crippen molar-refractivity contribution in [1.82, 2.24) is 45.0 Å². The fourth-order valence-corrected chi connectivity index (χ4v) is 4.55. The van der Waals surface area contributed by atoms with E-state index < -0.39 is 35.1 Å². The Hall–Kier alpha value is -7.38. The molecule has 4 aromatic heterocycles. The van der Waals surface area contributed by atoms with E-state index in [1.165, 1.54) is 48.8 Å². The molecule has 0 fully saturated rings. The van der Waals surface area contributed by atoms with Gasteiger partial charge in [-0.1, -0.05) is 0 Å². The summed E-state index contributed by atoms with van der Waals surface area (Å²) in [5.74, 6) is -4.82. The molecule has 0 saturated heterocycles. The first-order valence-corrected chi connectivity index (χ1v) is 14.9. The Morgan fingerprint density at radius 1 is 0.784 bits per heavy atom. The number of nitrogens with one attached hydrogen (secondary N) is 2. The Bertz CT molecular complexity index is 2240. The summed E-state index contributed by atoms with van der Waals surface area (Å²) in [6.07, 6.45) is 5.45. The Kier molecular flexibility index (Phi) is 9.73. The number of amides is 2. The molecule has 19 nitrogen and oxygen atoms in total. The van der Waals surface area contributed by atoms with Crippen LogP contribution in [-0.2, 0) is 0 Å². The van der Waals surface area contributed by atoms with Crippen LogP contribution >= 0.6 is 0 Å². The first-order valence-electron chi connectivity index (χ1n) is 14.9. The van der Waals surface area contributed by atoms with E-state index >= 15 is 0 Å². The highest BCUT2D eigenvalue weighted by atomic mass is 19.1. The molecule has 0 saturated carbocycles. The Balaban J connectivity index is 1.03. The lowest BCUT2D eigenvalue weighted by Gasteiger charge is -2.13. The van der Waals surface area contributed by atoms with E-state index in [4.69, 9.17) is 9.47 Å². The van der Waals surface area contributed by atoms with Crippen molar-refractivity contribution in [2.24, 2.45) is 0 Å². The standard InChI is InChI=1S/C31H24FN11O8/c32-20-14-19(31(48)49)24(35-28(44)21-5-7-26(37-36-21)42-10-9-33-16-42)15-25(20)51-12-2-1-11-50-17-3-4-18(30(46)47)23(13-17)34-29(45)22-6-8-27-38-40-41-43(27)39-22/h3-10,13-16H,1-2,11-12H2,(H,34,45)(H,35,44)(H,46,47)(H,48,49).